The van der Waals surface area contributed by atoms with Crippen molar-refractivity contribution in [3.63, 3.8) is 0 Å². The van der Waals surface area contributed by atoms with Gasteiger partial charge in [0.05, 0.1) is 37.7 Å². The summed E-state index contributed by atoms with van der Waals surface area (Å²) < 4.78 is 29.3. The van der Waals surface area contributed by atoms with Crippen molar-refractivity contribution in [3.8, 4) is 0 Å². The molecule has 4 unspecified atom stereocenters. The highest BCUT2D eigenvalue weighted by atomic mass is 16.5. The van der Waals surface area contributed by atoms with Crippen LogP contribution in [-0.2, 0) is 68.0 Å². The van der Waals surface area contributed by atoms with Gasteiger partial charge >= 0.3 is 17.9 Å². The summed E-state index contributed by atoms with van der Waals surface area (Å²) in [6.45, 7) is 47.2. The smallest absolute Gasteiger partial charge is 0.330 e. The van der Waals surface area contributed by atoms with E-state index >= 15 is 0 Å². The zero-order chi connectivity index (χ0) is 60.3. The molecule has 0 N–H and O–H groups in total. The molecule has 6 aromatic rings. The Hall–Kier alpha value is -6.82. The molecule has 12 heteroatoms. The van der Waals surface area contributed by atoms with Crippen LogP contribution in [0.25, 0.3) is 6.20 Å². The number of aryl methyl sites for hydroxylation is 9. The third kappa shape index (κ3) is 26.8. The molecular weight excluding hydrogens is 1040 g/mol. The highest BCUT2D eigenvalue weighted by Gasteiger charge is 2.32. The summed E-state index contributed by atoms with van der Waals surface area (Å²) in [5, 5.41) is 0. The van der Waals surface area contributed by atoms with Crippen LogP contribution in [0, 0.1) is 99.3 Å². The fraction of sp³-hybridized carbons (Fsp3) is 0.486. The monoisotopic (exact) mass is 1160 g/mol. The Balaban J connectivity index is 0.00000117. The summed E-state index contributed by atoms with van der Waals surface area (Å²) in [6, 6.07) is 19.1. The molecule has 3 heterocycles. The molecular formula is C72H112N6O6. The van der Waals surface area contributed by atoms with Gasteiger partial charge in [0, 0.05) is 18.9 Å². The van der Waals surface area contributed by atoms with E-state index in [1.807, 2.05) is 60.5 Å². The number of carbonyl (C=O) groups excluding carboxylic acids is 3. The highest BCUT2D eigenvalue weighted by molar-refractivity contribution is 5.81. The van der Waals surface area contributed by atoms with Crippen molar-refractivity contribution in [3.05, 3.63) is 202 Å². The number of nitrogens with zero attached hydrogens (tertiary/aromatic N) is 6. The van der Waals surface area contributed by atoms with Gasteiger partial charge in [0.1, 0.15) is 69.1 Å². The molecule has 3 aromatic heterocycles. The summed E-state index contributed by atoms with van der Waals surface area (Å²) in [4.78, 5) is 36.8. The quantitative estimate of drug-likeness (QED) is 0.0186. The maximum absolute atomic E-state index is 13.0. The van der Waals surface area contributed by atoms with Crippen LogP contribution in [0.5, 0.6) is 0 Å². The first-order valence-electron chi connectivity index (χ1n) is 29.5. The van der Waals surface area contributed by atoms with E-state index in [9.17, 15) is 14.4 Å². The number of ether oxygens (including phenoxy) is 3. The van der Waals surface area contributed by atoms with Crippen LogP contribution in [0.15, 0.2) is 130 Å². The van der Waals surface area contributed by atoms with Crippen LogP contribution in [0.1, 0.15) is 164 Å². The lowest BCUT2D eigenvalue weighted by molar-refractivity contribution is -0.693. The number of esters is 3. The van der Waals surface area contributed by atoms with Crippen LogP contribution >= 0.6 is 0 Å². The summed E-state index contributed by atoms with van der Waals surface area (Å²) in [5.74, 6) is 0.851. The van der Waals surface area contributed by atoms with E-state index in [4.69, 9.17) is 14.2 Å². The number of benzene rings is 3. The number of hydrogen-bond donors (Lipinski definition) is 0. The molecule has 466 valence electrons. The molecule has 84 heavy (non-hydrogen) atoms. The van der Waals surface area contributed by atoms with Crippen molar-refractivity contribution in [1.82, 2.24) is 13.7 Å². The maximum Gasteiger partial charge on any atom is 0.330 e. The molecule has 12 nitrogen and oxygen atoms in total. The fourth-order valence-corrected chi connectivity index (χ4v) is 9.38. The average Bonchev–Trinajstić information content (AvgIpc) is 4.32. The average molecular weight is 1160 g/mol. The fourth-order valence-electron chi connectivity index (χ4n) is 9.38. The first kappa shape index (κ1) is 77.2. The molecule has 0 saturated heterocycles. The minimum Gasteiger partial charge on any atom is -0.461 e. The van der Waals surface area contributed by atoms with Gasteiger partial charge in [0.15, 0.2) is 0 Å². The van der Waals surface area contributed by atoms with Crippen LogP contribution in [0.3, 0.4) is 0 Å². The van der Waals surface area contributed by atoms with Crippen molar-refractivity contribution in [2.75, 3.05) is 0 Å². The van der Waals surface area contributed by atoms with Crippen molar-refractivity contribution in [2.24, 2.45) is 35.5 Å². The Labute approximate surface area is 510 Å². The van der Waals surface area contributed by atoms with Gasteiger partial charge in [-0.1, -0.05) is 123 Å². The first-order valence-corrected chi connectivity index (χ1v) is 29.5. The molecule has 3 aromatic carbocycles. The second-order valence-corrected chi connectivity index (χ2v) is 23.3. The summed E-state index contributed by atoms with van der Waals surface area (Å²) in [7, 11) is 0. The van der Waals surface area contributed by atoms with E-state index < -0.39 is 0 Å². The summed E-state index contributed by atoms with van der Waals surface area (Å²) in [6.07, 6.45) is 25.4. The topological polar surface area (TPSA) is 105 Å². The van der Waals surface area contributed by atoms with Gasteiger partial charge in [-0.3, -0.25) is 9.59 Å². The number of imidazole rings is 3. The Bertz CT molecular complexity index is 2730. The minimum atomic E-state index is -0.386. The van der Waals surface area contributed by atoms with Crippen LogP contribution < -0.4 is 13.7 Å². The van der Waals surface area contributed by atoms with Crippen LogP contribution in [0.2, 0.25) is 0 Å². The SMILES string of the molecule is C=CC(=O)OCc1ccc(C)c(C)c1.C=Cn1cc[n+](CC)c1.CC[n+]1ccn(C(CC(C)C)CC(C(=O)OCc2ccc(C)c(C)c2)C(C)C)c1.CC[n+]1ccn(C(CC(C)C)CC(C(=O)OCc2ccc(C)c(C)c2)C(C)C)c1.[CH3-].[CH3-].[CH3-]. The van der Waals surface area contributed by atoms with Gasteiger partial charge in [0.2, 0.25) is 19.0 Å². The lowest BCUT2D eigenvalue weighted by atomic mass is 9.86. The molecule has 0 amide bonds. The predicted molar refractivity (Wildman–Crippen MR) is 347 cm³/mol. The van der Waals surface area contributed by atoms with E-state index in [2.05, 4.69) is 208 Å². The Morgan fingerprint density at radius 2 is 0.810 bits per heavy atom. The van der Waals surface area contributed by atoms with Gasteiger partial charge in [-0.2, -0.15) is 0 Å². The molecule has 0 aliphatic carbocycles. The normalized spacial score (nSPS) is 12.1. The molecule has 0 aliphatic heterocycles. The second kappa shape index (κ2) is 39.7. The van der Waals surface area contributed by atoms with Gasteiger partial charge in [-0.15, -0.1) is 0 Å². The van der Waals surface area contributed by atoms with E-state index in [-0.39, 0.29) is 63.9 Å². The van der Waals surface area contributed by atoms with Gasteiger partial charge in [0.25, 0.3) is 0 Å². The zero-order valence-corrected chi connectivity index (χ0v) is 55.8. The van der Waals surface area contributed by atoms with E-state index in [1.54, 1.807) is 6.20 Å². The molecule has 6 rings (SSSR count). The molecule has 4 atom stereocenters. The third-order valence-corrected chi connectivity index (χ3v) is 15.1. The van der Waals surface area contributed by atoms with E-state index in [0.717, 1.165) is 62.0 Å². The Morgan fingerprint density at radius 1 is 0.476 bits per heavy atom. The minimum absolute atomic E-state index is 0. The lowest BCUT2D eigenvalue weighted by Gasteiger charge is -2.24. The largest absolute Gasteiger partial charge is 0.461 e. The molecule has 0 radical (unpaired) electrons. The van der Waals surface area contributed by atoms with E-state index in [1.165, 1.54) is 39.5 Å². The number of rotatable bonds is 25. The number of carbonyl (C=O) groups is 3. The number of aromatic nitrogens is 6. The van der Waals surface area contributed by atoms with Gasteiger partial charge in [-0.25, -0.2) is 32.2 Å². The highest BCUT2D eigenvalue weighted by Crippen LogP contribution is 2.32. The van der Waals surface area contributed by atoms with Crippen molar-refractivity contribution >= 4 is 24.1 Å². The first-order chi connectivity index (χ1) is 38.4. The second-order valence-electron chi connectivity index (χ2n) is 23.3. The predicted octanol–water partition coefficient (Wildman–Crippen LogP) is 15.6. The summed E-state index contributed by atoms with van der Waals surface area (Å²) in [5.41, 5.74) is 10.5. The Morgan fingerprint density at radius 3 is 1.07 bits per heavy atom. The van der Waals surface area contributed by atoms with Gasteiger partial charge in [-0.05, 0) is 149 Å². The number of hydrogen-bond acceptors (Lipinski definition) is 6. The molecule has 0 saturated carbocycles. The summed E-state index contributed by atoms with van der Waals surface area (Å²) >= 11 is 0. The molecule has 0 spiro atoms. The molecule has 0 fully saturated rings. The third-order valence-electron chi connectivity index (χ3n) is 15.1. The zero-order valence-electron chi connectivity index (χ0n) is 55.8. The van der Waals surface area contributed by atoms with Gasteiger partial charge < -0.3 is 36.5 Å². The molecule has 0 aliphatic rings. The van der Waals surface area contributed by atoms with Crippen molar-refractivity contribution in [1.29, 1.82) is 0 Å². The lowest BCUT2D eigenvalue weighted by Crippen LogP contribution is -2.30. The van der Waals surface area contributed by atoms with Crippen molar-refractivity contribution < 1.29 is 42.3 Å². The van der Waals surface area contributed by atoms with Crippen LogP contribution in [0.4, 0.5) is 0 Å². The molecule has 0 bridgehead atoms. The standard InChI is InChI=1S/2C25H39N2O2.C12H14O2.C7H11N2.3CH3/c2*1-8-26-11-12-27(17-26)23(13-18(2)3)15-24(19(4)5)25(28)29-16-22-10-9-20(6)21(7)14-22;1-4-12(13)14-8-11-6-5-9(2)10(3)7-11;1-3-8-5-6-9(4-2)7-8;;;/h2*9-12,14,17-19,23-24H,8,13,15-16H2,1-7H3;4-7H,1,8H2,2-3H3;3,5-7H,1,4H2,2H3;3*1H3/q2*+1;;+1;3*-1. The van der Waals surface area contributed by atoms with Crippen molar-refractivity contribution in [2.45, 2.75) is 195 Å². The van der Waals surface area contributed by atoms with E-state index in [0.29, 0.717) is 43.7 Å². The Kier molecular flexibility index (Phi) is 36.5. The van der Waals surface area contributed by atoms with Crippen LogP contribution in [-0.4, -0.2) is 31.6 Å². The maximum atomic E-state index is 13.0.